The van der Waals surface area contributed by atoms with Crippen LogP contribution in [0.1, 0.15) is 49.7 Å². The zero-order chi connectivity index (χ0) is 26.7. The van der Waals surface area contributed by atoms with Crippen LogP contribution < -0.4 is 20.7 Å². The molecule has 7 rings (SSSR count). The van der Waals surface area contributed by atoms with Gasteiger partial charge in [-0.2, -0.15) is 9.97 Å². The first-order chi connectivity index (χ1) is 19.0. The van der Waals surface area contributed by atoms with Gasteiger partial charge in [0.1, 0.15) is 23.6 Å². The van der Waals surface area contributed by atoms with Crippen LogP contribution in [-0.4, -0.2) is 76.5 Å². The van der Waals surface area contributed by atoms with E-state index in [1.807, 2.05) is 13.0 Å². The normalized spacial score (nSPS) is 23.9. The summed E-state index contributed by atoms with van der Waals surface area (Å²) in [6.07, 6.45) is 9.66. The summed E-state index contributed by atoms with van der Waals surface area (Å²) >= 11 is 0. The summed E-state index contributed by atoms with van der Waals surface area (Å²) in [5, 5.41) is 12.2. The summed E-state index contributed by atoms with van der Waals surface area (Å²) in [6.45, 7) is 6.20. The van der Waals surface area contributed by atoms with Crippen LogP contribution in [0.15, 0.2) is 18.3 Å². The van der Waals surface area contributed by atoms with Crippen LogP contribution in [0.2, 0.25) is 0 Å². The number of piperazine rings is 1. The first-order valence-corrected chi connectivity index (χ1v) is 14.1. The van der Waals surface area contributed by atoms with E-state index in [1.54, 1.807) is 12.3 Å². The first-order valence-electron chi connectivity index (χ1n) is 14.1. The van der Waals surface area contributed by atoms with Crippen LogP contribution in [0.5, 0.6) is 6.01 Å². The average Bonchev–Trinajstić information content (AvgIpc) is 3.62. The van der Waals surface area contributed by atoms with Crippen molar-refractivity contribution in [2.45, 2.75) is 63.1 Å². The lowest BCUT2D eigenvalue weighted by atomic mass is 9.95. The number of nitrogen functional groups attached to an aromatic ring is 1. The molecule has 4 aliphatic rings. The van der Waals surface area contributed by atoms with E-state index in [4.69, 9.17) is 20.9 Å². The van der Waals surface area contributed by atoms with Crippen LogP contribution in [0, 0.1) is 18.2 Å². The average molecular weight is 531 g/mol. The molecule has 10 heteroatoms. The fraction of sp³-hybridized carbons (Fsp3) is 0.517. The van der Waals surface area contributed by atoms with Crippen LogP contribution in [-0.2, 0) is 0 Å². The fourth-order valence-electron chi connectivity index (χ4n) is 7.35. The number of hydrogen-bond acceptors (Lipinski definition) is 9. The number of halogens is 1. The van der Waals surface area contributed by atoms with Crippen LogP contribution in [0.25, 0.3) is 22.2 Å². The molecule has 3 aromatic rings. The van der Waals surface area contributed by atoms with Gasteiger partial charge < -0.3 is 26.1 Å². The lowest BCUT2D eigenvalue weighted by Gasteiger charge is -2.34. The summed E-state index contributed by atoms with van der Waals surface area (Å²) in [7, 11) is 0. The number of hydrogen-bond donors (Lipinski definition) is 3. The number of benzene rings is 1. The molecule has 1 aromatic carbocycles. The Kier molecular flexibility index (Phi) is 5.93. The molecular formula is C29H35FN8O. The number of ether oxygens (including phenoxy) is 1. The second kappa shape index (κ2) is 9.38. The molecule has 204 valence electrons. The van der Waals surface area contributed by atoms with Crippen molar-refractivity contribution in [3.8, 4) is 17.3 Å². The van der Waals surface area contributed by atoms with Gasteiger partial charge >= 0.3 is 6.01 Å². The number of anilines is 2. The number of aryl methyl sites for hydroxylation is 1. The van der Waals surface area contributed by atoms with Gasteiger partial charge in [0.15, 0.2) is 5.82 Å². The molecule has 0 spiro atoms. The van der Waals surface area contributed by atoms with Crippen molar-refractivity contribution in [3.63, 3.8) is 0 Å². The lowest BCUT2D eigenvalue weighted by molar-refractivity contribution is 0.108. The highest BCUT2D eigenvalue weighted by Gasteiger charge is 2.45. The number of fused-ring (bicyclic) bond motifs is 4. The minimum atomic E-state index is -0.544. The number of nitrogens with one attached hydrogen (secondary N) is 2. The third kappa shape index (κ3) is 4.03. The molecule has 39 heavy (non-hydrogen) atoms. The zero-order valence-electron chi connectivity index (χ0n) is 22.3. The van der Waals surface area contributed by atoms with Crippen molar-refractivity contribution in [2.75, 3.05) is 43.4 Å². The molecule has 2 aromatic heterocycles. The lowest BCUT2D eigenvalue weighted by Crippen LogP contribution is -2.51. The Morgan fingerprint density at radius 2 is 1.92 bits per heavy atom. The Morgan fingerprint density at radius 3 is 2.64 bits per heavy atom. The van der Waals surface area contributed by atoms with Gasteiger partial charge in [0.25, 0.3) is 0 Å². The van der Waals surface area contributed by atoms with Crippen LogP contribution in [0.4, 0.5) is 15.9 Å². The standard InChI is InChI=1S/C29H35FN8O/c1-17-4-7-22(32)20(12-31)23(17)26-24(30)25-21(13-33-26)27(37-14-18-5-6-19(15-37)34-18)36-28(35-25)39-16-29-8-2-10-38(29)11-3-9-29/h4,7,12-13,18-19,31,34H,2-3,5-6,8-11,14-16,32H2,1H3. The Labute approximate surface area is 227 Å². The van der Waals surface area contributed by atoms with E-state index in [0.717, 1.165) is 63.6 Å². The molecule has 2 atom stereocenters. The summed E-state index contributed by atoms with van der Waals surface area (Å²) in [5.74, 6) is 0.132. The summed E-state index contributed by atoms with van der Waals surface area (Å²) in [5.41, 5.74) is 8.68. The fourth-order valence-corrected chi connectivity index (χ4v) is 7.35. The van der Waals surface area contributed by atoms with E-state index < -0.39 is 5.82 Å². The molecule has 0 radical (unpaired) electrons. The van der Waals surface area contributed by atoms with Crippen molar-refractivity contribution in [1.82, 2.24) is 25.2 Å². The molecule has 4 aliphatic heterocycles. The van der Waals surface area contributed by atoms with E-state index in [-0.39, 0.29) is 22.8 Å². The highest BCUT2D eigenvalue weighted by Crippen LogP contribution is 2.40. The number of nitrogens with two attached hydrogens (primary N) is 1. The number of nitrogens with zero attached hydrogens (tertiary/aromatic N) is 5. The molecule has 4 saturated heterocycles. The zero-order valence-corrected chi connectivity index (χ0v) is 22.3. The van der Waals surface area contributed by atoms with Crippen molar-refractivity contribution >= 4 is 28.6 Å². The number of rotatable bonds is 6. The molecule has 0 saturated carbocycles. The third-order valence-electron chi connectivity index (χ3n) is 9.31. The van der Waals surface area contributed by atoms with Crippen LogP contribution in [0.3, 0.4) is 0 Å². The molecule has 9 nitrogen and oxygen atoms in total. The Morgan fingerprint density at radius 1 is 1.18 bits per heavy atom. The topological polar surface area (TPSA) is 116 Å². The van der Waals surface area contributed by atoms with Crippen molar-refractivity contribution in [3.05, 3.63) is 35.3 Å². The number of aromatic nitrogens is 3. The molecule has 0 aliphatic carbocycles. The van der Waals surface area contributed by atoms with Crippen LogP contribution >= 0.6 is 0 Å². The summed E-state index contributed by atoms with van der Waals surface area (Å²) in [4.78, 5) is 18.9. The Hall–Kier alpha value is -3.37. The van der Waals surface area contributed by atoms with Crippen molar-refractivity contribution < 1.29 is 9.13 Å². The van der Waals surface area contributed by atoms with Gasteiger partial charge in [-0.1, -0.05) is 6.07 Å². The van der Waals surface area contributed by atoms with E-state index in [9.17, 15) is 0 Å². The number of pyridine rings is 1. The van der Waals surface area contributed by atoms with Gasteiger partial charge in [-0.05, 0) is 70.2 Å². The highest BCUT2D eigenvalue weighted by atomic mass is 19.1. The second-order valence-electron chi connectivity index (χ2n) is 11.7. The quantitative estimate of drug-likeness (QED) is 0.327. The largest absolute Gasteiger partial charge is 0.461 e. The molecule has 6 heterocycles. The van der Waals surface area contributed by atoms with E-state index in [2.05, 4.69) is 25.1 Å². The molecule has 4 N–H and O–H groups in total. The maximum atomic E-state index is 16.5. The predicted octanol–water partition coefficient (Wildman–Crippen LogP) is 3.67. The summed E-state index contributed by atoms with van der Waals surface area (Å²) < 4.78 is 22.8. The van der Waals surface area contributed by atoms with Crippen molar-refractivity contribution in [1.29, 1.82) is 5.41 Å². The molecule has 4 fully saturated rings. The molecule has 2 unspecified atom stereocenters. The first kappa shape index (κ1) is 24.7. The Bertz CT molecular complexity index is 1440. The smallest absolute Gasteiger partial charge is 0.319 e. The van der Waals surface area contributed by atoms with E-state index in [1.165, 1.54) is 12.8 Å². The van der Waals surface area contributed by atoms with Gasteiger partial charge in [-0.3, -0.25) is 9.88 Å². The van der Waals surface area contributed by atoms with Gasteiger partial charge in [0.05, 0.1) is 10.9 Å². The molecule has 0 amide bonds. The maximum Gasteiger partial charge on any atom is 0.319 e. The van der Waals surface area contributed by atoms with Crippen molar-refractivity contribution in [2.24, 2.45) is 0 Å². The van der Waals surface area contributed by atoms with E-state index >= 15 is 4.39 Å². The monoisotopic (exact) mass is 530 g/mol. The summed E-state index contributed by atoms with van der Waals surface area (Å²) in [6, 6.07) is 4.56. The van der Waals surface area contributed by atoms with Gasteiger partial charge in [-0.25, -0.2) is 4.39 Å². The maximum absolute atomic E-state index is 16.5. The second-order valence-corrected chi connectivity index (χ2v) is 11.7. The van der Waals surface area contributed by atoms with E-state index in [0.29, 0.717) is 46.7 Å². The SMILES string of the molecule is Cc1ccc(N)c(C=N)c1-c1ncc2c(N3CC4CCC(C3)N4)nc(OCC34CCCN3CCC4)nc2c1F. The Balaban J connectivity index is 1.34. The van der Waals surface area contributed by atoms with Gasteiger partial charge in [0.2, 0.25) is 0 Å². The highest BCUT2D eigenvalue weighted by molar-refractivity contribution is 5.98. The molecule has 2 bridgehead atoms. The van der Waals surface area contributed by atoms with Gasteiger partial charge in [0, 0.05) is 54.4 Å². The molecular weight excluding hydrogens is 495 g/mol. The third-order valence-corrected chi connectivity index (χ3v) is 9.31. The predicted molar refractivity (Wildman–Crippen MR) is 150 cm³/mol. The van der Waals surface area contributed by atoms with Gasteiger partial charge in [-0.15, -0.1) is 0 Å². The minimum absolute atomic E-state index is 0.0339. The minimum Gasteiger partial charge on any atom is -0.461 e.